The maximum Gasteiger partial charge on any atom is 0.272 e. The molecular formula is C22H19N3O5. The summed E-state index contributed by atoms with van der Waals surface area (Å²) in [4.78, 5) is 34.7. The quantitative estimate of drug-likeness (QED) is 0.455. The molecule has 2 amide bonds. The van der Waals surface area contributed by atoms with E-state index in [0.29, 0.717) is 22.7 Å². The second-order valence-corrected chi connectivity index (χ2v) is 6.43. The van der Waals surface area contributed by atoms with Crippen molar-refractivity contribution in [2.45, 2.75) is 6.92 Å². The minimum absolute atomic E-state index is 0.0677. The van der Waals surface area contributed by atoms with Gasteiger partial charge in [0.2, 0.25) is 5.91 Å². The Balaban J connectivity index is 1.56. The van der Waals surface area contributed by atoms with Gasteiger partial charge in [-0.25, -0.2) is 0 Å². The van der Waals surface area contributed by atoms with Gasteiger partial charge in [0.25, 0.3) is 11.6 Å². The zero-order valence-electron chi connectivity index (χ0n) is 16.1. The van der Waals surface area contributed by atoms with E-state index in [9.17, 15) is 19.7 Å². The summed E-state index contributed by atoms with van der Waals surface area (Å²) < 4.78 is 5.73. The zero-order chi connectivity index (χ0) is 21.5. The first-order valence-electron chi connectivity index (χ1n) is 9.08. The summed E-state index contributed by atoms with van der Waals surface area (Å²) >= 11 is 0. The number of nitro groups is 1. The maximum absolute atomic E-state index is 12.2. The van der Waals surface area contributed by atoms with Crippen LogP contribution in [0, 0.1) is 17.0 Å². The zero-order valence-corrected chi connectivity index (χ0v) is 16.1. The molecule has 152 valence electrons. The highest BCUT2D eigenvalue weighted by Crippen LogP contribution is 2.23. The van der Waals surface area contributed by atoms with Crippen molar-refractivity contribution >= 4 is 23.2 Å². The molecule has 0 bridgehead atoms. The largest absolute Gasteiger partial charge is 0.457 e. The number of amides is 2. The lowest BCUT2D eigenvalue weighted by atomic mass is 10.1. The van der Waals surface area contributed by atoms with E-state index < -0.39 is 16.7 Å². The molecule has 0 unspecified atom stereocenters. The van der Waals surface area contributed by atoms with Crippen LogP contribution in [-0.4, -0.2) is 23.3 Å². The third-order valence-electron chi connectivity index (χ3n) is 4.16. The number of para-hydroxylation sites is 1. The van der Waals surface area contributed by atoms with Gasteiger partial charge in [0, 0.05) is 28.9 Å². The van der Waals surface area contributed by atoms with Gasteiger partial charge in [0.05, 0.1) is 11.5 Å². The van der Waals surface area contributed by atoms with Crippen molar-refractivity contribution in [1.82, 2.24) is 5.32 Å². The number of carbonyl (C=O) groups is 2. The van der Waals surface area contributed by atoms with Gasteiger partial charge in [-0.05, 0) is 43.3 Å². The minimum atomic E-state index is -0.514. The Hall–Kier alpha value is -4.20. The van der Waals surface area contributed by atoms with Crippen LogP contribution in [0.4, 0.5) is 11.4 Å². The highest BCUT2D eigenvalue weighted by molar-refractivity contribution is 5.99. The van der Waals surface area contributed by atoms with Gasteiger partial charge in [0.1, 0.15) is 11.5 Å². The molecule has 0 radical (unpaired) electrons. The van der Waals surface area contributed by atoms with Gasteiger partial charge >= 0.3 is 0 Å². The number of carbonyl (C=O) groups excluding carboxylic acids is 2. The van der Waals surface area contributed by atoms with Gasteiger partial charge in [-0.1, -0.05) is 24.3 Å². The van der Waals surface area contributed by atoms with Crippen LogP contribution in [0.3, 0.4) is 0 Å². The number of nitrogens with one attached hydrogen (secondary N) is 2. The molecule has 0 saturated heterocycles. The molecule has 3 aromatic rings. The van der Waals surface area contributed by atoms with Crippen LogP contribution < -0.4 is 15.4 Å². The number of ether oxygens (including phenoxy) is 1. The number of anilines is 1. The number of hydrogen-bond donors (Lipinski definition) is 2. The predicted molar refractivity (Wildman–Crippen MR) is 112 cm³/mol. The van der Waals surface area contributed by atoms with E-state index in [1.807, 2.05) is 30.3 Å². The Labute approximate surface area is 172 Å². The Bertz CT molecular complexity index is 1080. The Morgan fingerprint density at radius 3 is 2.40 bits per heavy atom. The van der Waals surface area contributed by atoms with E-state index in [4.69, 9.17) is 4.74 Å². The molecule has 2 N–H and O–H groups in total. The number of nitrogens with zero attached hydrogens (tertiary/aromatic N) is 1. The molecule has 0 spiro atoms. The molecule has 0 heterocycles. The van der Waals surface area contributed by atoms with Gasteiger partial charge in [-0.15, -0.1) is 0 Å². The van der Waals surface area contributed by atoms with E-state index in [2.05, 4.69) is 10.6 Å². The summed E-state index contributed by atoms with van der Waals surface area (Å²) in [6, 6.07) is 20.2. The molecule has 0 aromatic heterocycles. The average Bonchev–Trinajstić information content (AvgIpc) is 2.72. The standard InChI is InChI=1S/C22H19N3O5/c1-15-12-16(10-11-20(15)25(28)29)22(27)23-14-21(26)24-17-6-5-9-19(13-17)30-18-7-3-2-4-8-18/h2-13H,14H2,1H3,(H,23,27)(H,24,26). The third kappa shape index (κ3) is 5.41. The van der Waals surface area contributed by atoms with Crippen LogP contribution in [0.5, 0.6) is 11.5 Å². The van der Waals surface area contributed by atoms with Crippen LogP contribution >= 0.6 is 0 Å². The first-order chi connectivity index (χ1) is 14.4. The van der Waals surface area contributed by atoms with E-state index in [-0.39, 0.29) is 17.8 Å². The van der Waals surface area contributed by atoms with Crippen molar-refractivity contribution < 1.29 is 19.2 Å². The minimum Gasteiger partial charge on any atom is -0.457 e. The molecule has 0 aliphatic rings. The molecule has 8 nitrogen and oxygen atoms in total. The molecule has 3 rings (SSSR count). The first kappa shape index (κ1) is 20.5. The lowest BCUT2D eigenvalue weighted by molar-refractivity contribution is -0.385. The summed E-state index contributed by atoms with van der Waals surface area (Å²) in [5, 5.41) is 16.0. The summed E-state index contributed by atoms with van der Waals surface area (Å²) in [7, 11) is 0. The van der Waals surface area contributed by atoms with Crippen LogP contribution in [0.15, 0.2) is 72.8 Å². The highest BCUT2D eigenvalue weighted by atomic mass is 16.6. The lowest BCUT2D eigenvalue weighted by Crippen LogP contribution is -2.32. The second-order valence-electron chi connectivity index (χ2n) is 6.43. The number of aryl methyl sites for hydroxylation is 1. The molecule has 3 aromatic carbocycles. The van der Waals surface area contributed by atoms with E-state index in [0.717, 1.165) is 0 Å². The van der Waals surface area contributed by atoms with Crippen LogP contribution in [-0.2, 0) is 4.79 Å². The Morgan fingerprint density at radius 2 is 1.70 bits per heavy atom. The van der Waals surface area contributed by atoms with Crippen molar-refractivity contribution in [3.05, 3.63) is 94.0 Å². The fraction of sp³-hybridized carbons (Fsp3) is 0.0909. The summed E-state index contributed by atoms with van der Waals surface area (Å²) in [6.45, 7) is 1.30. The molecule has 0 aliphatic heterocycles. The SMILES string of the molecule is Cc1cc(C(=O)NCC(=O)Nc2cccc(Oc3ccccc3)c2)ccc1[N+](=O)[O-]. The Morgan fingerprint density at radius 1 is 0.967 bits per heavy atom. The fourth-order valence-corrected chi connectivity index (χ4v) is 2.73. The molecule has 0 atom stereocenters. The Kier molecular flexibility index (Phi) is 6.39. The number of nitro benzene ring substituents is 1. The van der Waals surface area contributed by atoms with Crippen molar-refractivity contribution in [2.75, 3.05) is 11.9 Å². The summed E-state index contributed by atoms with van der Waals surface area (Å²) in [5.41, 5.74) is 1.06. The molecule has 0 aliphatic carbocycles. The number of benzene rings is 3. The average molecular weight is 405 g/mol. The van der Waals surface area contributed by atoms with Gasteiger partial charge < -0.3 is 15.4 Å². The predicted octanol–water partition coefficient (Wildman–Crippen LogP) is 4.06. The lowest BCUT2D eigenvalue weighted by Gasteiger charge is -2.10. The first-order valence-corrected chi connectivity index (χ1v) is 9.08. The van der Waals surface area contributed by atoms with Crippen molar-refractivity contribution in [3.63, 3.8) is 0 Å². The van der Waals surface area contributed by atoms with Crippen molar-refractivity contribution in [3.8, 4) is 11.5 Å². The smallest absolute Gasteiger partial charge is 0.272 e. The van der Waals surface area contributed by atoms with Crippen LogP contribution in [0.2, 0.25) is 0 Å². The fourth-order valence-electron chi connectivity index (χ4n) is 2.73. The highest BCUT2D eigenvalue weighted by Gasteiger charge is 2.14. The molecule has 30 heavy (non-hydrogen) atoms. The topological polar surface area (TPSA) is 111 Å². The molecule has 0 fully saturated rings. The van der Waals surface area contributed by atoms with Crippen LogP contribution in [0.25, 0.3) is 0 Å². The van der Waals surface area contributed by atoms with Crippen molar-refractivity contribution in [1.29, 1.82) is 0 Å². The number of rotatable bonds is 7. The maximum atomic E-state index is 12.2. The van der Waals surface area contributed by atoms with Crippen molar-refractivity contribution in [2.24, 2.45) is 0 Å². The molecular weight excluding hydrogens is 386 g/mol. The van der Waals surface area contributed by atoms with E-state index in [1.165, 1.54) is 18.2 Å². The van der Waals surface area contributed by atoms with Gasteiger partial charge in [0.15, 0.2) is 0 Å². The normalized spacial score (nSPS) is 10.2. The van der Waals surface area contributed by atoms with Gasteiger partial charge in [-0.3, -0.25) is 19.7 Å². The van der Waals surface area contributed by atoms with Gasteiger partial charge in [-0.2, -0.15) is 0 Å². The van der Waals surface area contributed by atoms with Crippen LogP contribution in [0.1, 0.15) is 15.9 Å². The number of hydrogen-bond acceptors (Lipinski definition) is 5. The van der Waals surface area contributed by atoms with E-state index in [1.54, 1.807) is 31.2 Å². The second kappa shape index (κ2) is 9.33. The van der Waals surface area contributed by atoms with E-state index >= 15 is 0 Å². The molecule has 8 heteroatoms. The summed E-state index contributed by atoms with van der Waals surface area (Å²) in [6.07, 6.45) is 0. The third-order valence-corrected chi connectivity index (χ3v) is 4.16. The summed E-state index contributed by atoms with van der Waals surface area (Å²) in [5.74, 6) is 0.319. The molecule has 0 saturated carbocycles. The monoisotopic (exact) mass is 405 g/mol.